The second kappa shape index (κ2) is 10.8. The summed E-state index contributed by atoms with van der Waals surface area (Å²) in [6, 6.07) is 14.1. The van der Waals surface area contributed by atoms with Crippen molar-refractivity contribution >= 4 is 39.1 Å². The highest BCUT2D eigenvalue weighted by molar-refractivity contribution is 7.92. The Labute approximate surface area is 236 Å². The Kier molecular flexibility index (Phi) is 7.72. The van der Waals surface area contributed by atoms with E-state index in [1.54, 1.807) is 31.2 Å². The zero-order valence-corrected chi connectivity index (χ0v) is 24.5. The van der Waals surface area contributed by atoms with Crippen molar-refractivity contribution in [3.05, 3.63) is 64.7 Å². The molecular weight excluding hydrogens is 534 g/mol. The van der Waals surface area contributed by atoms with Gasteiger partial charge in [0.1, 0.15) is 12.6 Å². The highest BCUT2D eigenvalue weighted by Crippen LogP contribution is 2.60. The molecule has 2 amide bonds. The first-order valence-electron chi connectivity index (χ1n) is 13.8. The molecule has 4 saturated carbocycles. The molecule has 210 valence electrons. The van der Waals surface area contributed by atoms with Crippen LogP contribution in [-0.2, 0) is 31.6 Å². The van der Waals surface area contributed by atoms with Gasteiger partial charge in [-0.25, -0.2) is 8.42 Å². The fourth-order valence-electron chi connectivity index (χ4n) is 7.64. The molecule has 1 N–H and O–H groups in total. The van der Waals surface area contributed by atoms with Gasteiger partial charge in [0.05, 0.1) is 11.9 Å². The lowest BCUT2D eigenvalue weighted by Gasteiger charge is -2.57. The smallest absolute Gasteiger partial charge is 0.244 e. The second-order valence-electron chi connectivity index (χ2n) is 12.0. The standard InChI is InChI=1S/C30H38ClN3O4S/c1-20(29(36)32-2)33(18-21-4-8-26(31)9-5-21)28(35)19-34(39(3,37)38)27-10-6-25(7-11-27)30-15-22-12-23(16-30)14-24(13-22)17-30/h4-11,20,22-24H,12-19H2,1-3H3,(H,32,36)/t20-,22?,23?,24?,30?/m1/s1. The number of halogens is 1. The van der Waals surface area contributed by atoms with Crippen molar-refractivity contribution in [2.75, 3.05) is 24.2 Å². The minimum atomic E-state index is -3.77. The Hall–Kier alpha value is -2.58. The number of benzene rings is 2. The number of amides is 2. The van der Waals surface area contributed by atoms with E-state index in [-0.39, 0.29) is 17.9 Å². The van der Waals surface area contributed by atoms with E-state index in [0.717, 1.165) is 33.9 Å². The quantitative estimate of drug-likeness (QED) is 0.471. The Bertz CT molecular complexity index is 1290. The second-order valence-corrected chi connectivity index (χ2v) is 14.3. The molecule has 4 fully saturated rings. The topological polar surface area (TPSA) is 86.8 Å². The number of hydrogen-bond acceptors (Lipinski definition) is 4. The summed E-state index contributed by atoms with van der Waals surface area (Å²) in [5.41, 5.74) is 2.74. The number of rotatable bonds is 9. The van der Waals surface area contributed by atoms with Gasteiger partial charge in [-0.05, 0) is 104 Å². The Morgan fingerprint density at radius 2 is 1.51 bits per heavy atom. The number of carbonyl (C=O) groups is 2. The van der Waals surface area contributed by atoms with Crippen LogP contribution in [0.4, 0.5) is 5.69 Å². The molecule has 0 spiro atoms. The van der Waals surface area contributed by atoms with Gasteiger partial charge in [-0.15, -0.1) is 0 Å². The van der Waals surface area contributed by atoms with Crippen LogP contribution < -0.4 is 9.62 Å². The molecule has 0 saturated heterocycles. The van der Waals surface area contributed by atoms with Crippen LogP contribution in [0.1, 0.15) is 56.6 Å². The maximum atomic E-state index is 13.6. The van der Waals surface area contributed by atoms with E-state index in [1.165, 1.54) is 56.0 Å². The van der Waals surface area contributed by atoms with Gasteiger partial charge >= 0.3 is 0 Å². The molecule has 0 radical (unpaired) electrons. The largest absolute Gasteiger partial charge is 0.357 e. The average Bonchev–Trinajstić information content (AvgIpc) is 2.89. The zero-order chi connectivity index (χ0) is 27.9. The van der Waals surface area contributed by atoms with E-state index in [9.17, 15) is 18.0 Å². The van der Waals surface area contributed by atoms with Gasteiger partial charge in [0.15, 0.2) is 0 Å². The van der Waals surface area contributed by atoms with Crippen LogP contribution in [0.2, 0.25) is 5.02 Å². The van der Waals surface area contributed by atoms with Gasteiger partial charge in [-0.1, -0.05) is 35.9 Å². The van der Waals surface area contributed by atoms with Crippen LogP contribution in [0, 0.1) is 17.8 Å². The van der Waals surface area contributed by atoms with Crippen LogP contribution in [0.5, 0.6) is 0 Å². The summed E-state index contributed by atoms with van der Waals surface area (Å²) in [7, 11) is -2.25. The normalized spacial score (nSPS) is 26.2. The van der Waals surface area contributed by atoms with E-state index >= 15 is 0 Å². The molecule has 0 aromatic heterocycles. The lowest BCUT2D eigenvalue weighted by Crippen LogP contribution is -2.50. The first-order valence-corrected chi connectivity index (χ1v) is 16.0. The van der Waals surface area contributed by atoms with Crippen LogP contribution in [0.3, 0.4) is 0 Å². The fraction of sp³-hybridized carbons (Fsp3) is 0.533. The maximum Gasteiger partial charge on any atom is 0.244 e. The summed E-state index contributed by atoms with van der Waals surface area (Å²) < 4.78 is 27.0. The van der Waals surface area contributed by atoms with Crippen LogP contribution >= 0.6 is 11.6 Å². The number of likely N-dealkylation sites (N-methyl/N-ethyl adjacent to an activating group) is 1. The molecule has 39 heavy (non-hydrogen) atoms. The molecule has 1 atom stereocenters. The summed E-state index contributed by atoms with van der Waals surface area (Å²) in [4.78, 5) is 27.5. The number of carbonyl (C=O) groups excluding carboxylic acids is 2. The molecule has 2 aromatic carbocycles. The van der Waals surface area contributed by atoms with Crippen molar-refractivity contribution in [2.45, 2.75) is 63.5 Å². The molecular formula is C30H38ClN3O4S. The lowest BCUT2D eigenvalue weighted by atomic mass is 9.48. The van der Waals surface area contributed by atoms with Crippen LogP contribution in [-0.4, -0.2) is 51.0 Å². The van der Waals surface area contributed by atoms with Gasteiger partial charge < -0.3 is 10.2 Å². The van der Waals surface area contributed by atoms with Gasteiger partial charge in [0.25, 0.3) is 0 Å². The first-order chi connectivity index (χ1) is 18.5. The Balaban J connectivity index is 1.38. The lowest BCUT2D eigenvalue weighted by molar-refractivity contribution is -0.139. The highest BCUT2D eigenvalue weighted by Gasteiger charge is 2.51. The molecule has 6 rings (SSSR count). The summed E-state index contributed by atoms with van der Waals surface area (Å²) in [6.07, 6.45) is 8.88. The van der Waals surface area contributed by atoms with Crippen molar-refractivity contribution in [1.82, 2.24) is 10.2 Å². The SMILES string of the molecule is CNC(=O)[C@@H](C)N(Cc1ccc(Cl)cc1)C(=O)CN(c1ccc(C23CC4CC(CC(C4)C2)C3)cc1)S(C)(=O)=O. The minimum absolute atomic E-state index is 0.146. The van der Waals surface area contributed by atoms with Gasteiger partial charge in [0, 0.05) is 18.6 Å². The van der Waals surface area contributed by atoms with E-state index in [0.29, 0.717) is 10.7 Å². The summed E-state index contributed by atoms with van der Waals surface area (Å²) in [5.74, 6) is 1.65. The molecule has 0 unspecified atom stereocenters. The molecule has 9 heteroatoms. The summed E-state index contributed by atoms with van der Waals surface area (Å²) in [6.45, 7) is 1.38. The molecule has 0 aliphatic heterocycles. The number of anilines is 1. The zero-order valence-electron chi connectivity index (χ0n) is 22.9. The number of sulfonamides is 1. The minimum Gasteiger partial charge on any atom is -0.357 e. The van der Waals surface area contributed by atoms with E-state index < -0.39 is 28.5 Å². The maximum absolute atomic E-state index is 13.6. The van der Waals surface area contributed by atoms with Gasteiger partial charge in [-0.2, -0.15) is 0 Å². The monoisotopic (exact) mass is 571 g/mol. The predicted octanol–water partition coefficient (Wildman–Crippen LogP) is 4.74. The summed E-state index contributed by atoms with van der Waals surface area (Å²) in [5, 5.41) is 3.15. The Morgan fingerprint density at radius 3 is 2.00 bits per heavy atom. The van der Waals surface area contributed by atoms with E-state index in [1.807, 2.05) is 12.1 Å². The van der Waals surface area contributed by atoms with Crippen LogP contribution in [0.25, 0.3) is 0 Å². The van der Waals surface area contributed by atoms with Crippen molar-refractivity contribution < 1.29 is 18.0 Å². The number of nitrogens with one attached hydrogen (secondary N) is 1. The molecule has 4 aliphatic carbocycles. The van der Waals surface area contributed by atoms with Crippen molar-refractivity contribution in [2.24, 2.45) is 17.8 Å². The summed E-state index contributed by atoms with van der Waals surface area (Å²) >= 11 is 6.01. The van der Waals surface area contributed by atoms with Crippen molar-refractivity contribution in [1.29, 1.82) is 0 Å². The Morgan fingerprint density at radius 1 is 0.974 bits per heavy atom. The van der Waals surface area contributed by atoms with Crippen molar-refractivity contribution in [3.63, 3.8) is 0 Å². The first kappa shape index (κ1) is 28.0. The third-order valence-corrected chi connectivity index (χ3v) is 10.6. The van der Waals surface area contributed by atoms with Crippen LogP contribution in [0.15, 0.2) is 48.5 Å². The highest BCUT2D eigenvalue weighted by atomic mass is 35.5. The predicted molar refractivity (Wildman–Crippen MR) is 154 cm³/mol. The third-order valence-electron chi connectivity index (χ3n) is 9.16. The fourth-order valence-corrected chi connectivity index (χ4v) is 8.61. The van der Waals surface area contributed by atoms with E-state index in [2.05, 4.69) is 17.4 Å². The number of hydrogen-bond donors (Lipinski definition) is 1. The molecule has 7 nitrogen and oxygen atoms in total. The van der Waals surface area contributed by atoms with Crippen molar-refractivity contribution in [3.8, 4) is 0 Å². The average molecular weight is 572 g/mol. The van der Waals surface area contributed by atoms with Gasteiger partial charge in [-0.3, -0.25) is 13.9 Å². The molecule has 4 aliphatic rings. The number of nitrogens with zero attached hydrogens (tertiary/aromatic N) is 2. The van der Waals surface area contributed by atoms with E-state index in [4.69, 9.17) is 11.6 Å². The molecule has 0 heterocycles. The molecule has 2 aromatic rings. The third kappa shape index (κ3) is 5.82. The molecule has 4 bridgehead atoms. The van der Waals surface area contributed by atoms with Gasteiger partial charge in [0.2, 0.25) is 21.8 Å².